The number of hydrogen-bond acceptors (Lipinski definition) is 3. The zero-order chi connectivity index (χ0) is 13.0. The van der Waals surface area contributed by atoms with Crippen LogP contribution >= 0.6 is 0 Å². The van der Waals surface area contributed by atoms with Crippen LogP contribution in [0.2, 0.25) is 0 Å². The average molecular weight is 255 g/mol. The van der Waals surface area contributed by atoms with E-state index in [4.69, 9.17) is 10.5 Å². The van der Waals surface area contributed by atoms with Gasteiger partial charge in [-0.15, -0.1) is 0 Å². The lowest BCUT2D eigenvalue weighted by atomic mass is 9.76. The van der Waals surface area contributed by atoms with Gasteiger partial charge in [0.25, 0.3) is 0 Å². The Hall–Kier alpha value is -0.810. The third-order valence-electron chi connectivity index (χ3n) is 4.15. The van der Waals surface area contributed by atoms with Crippen molar-refractivity contribution in [2.24, 2.45) is 11.7 Å². The lowest BCUT2D eigenvalue weighted by molar-refractivity contribution is 0.0492. The third-order valence-corrected chi connectivity index (χ3v) is 4.15. The molecule has 2 amide bonds. The number of carbonyl (C=O) groups is 1. The van der Waals surface area contributed by atoms with E-state index < -0.39 is 0 Å². The Bertz CT molecular complexity index is 292. The maximum atomic E-state index is 12.2. The summed E-state index contributed by atoms with van der Waals surface area (Å²) in [6.45, 7) is 5.42. The van der Waals surface area contributed by atoms with E-state index in [9.17, 15) is 4.79 Å². The first-order valence-corrected chi connectivity index (χ1v) is 7.00. The highest BCUT2D eigenvalue weighted by Gasteiger charge is 2.36. The van der Waals surface area contributed by atoms with Gasteiger partial charge in [-0.3, -0.25) is 0 Å². The van der Waals surface area contributed by atoms with Gasteiger partial charge in [-0.2, -0.15) is 0 Å². The second-order valence-electron chi connectivity index (χ2n) is 5.72. The third kappa shape index (κ3) is 3.14. The lowest BCUT2D eigenvalue weighted by Gasteiger charge is -2.41. The van der Waals surface area contributed by atoms with Crippen LogP contribution in [0.25, 0.3) is 0 Å². The molecule has 1 heterocycles. The summed E-state index contributed by atoms with van der Waals surface area (Å²) in [6, 6.07) is 0.0258. The minimum atomic E-state index is -0.187. The molecule has 1 saturated carbocycles. The molecule has 2 atom stereocenters. The molecule has 2 fully saturated rings. The molecule has 0 spiro atoms. The summed E-state index contributed by atoms with van der Waals surface area (Å²) < 4.78 is 5.26. The van der Waals surface area contributed by atoms with E-state index >= 15 is 0 Å². The highest BCUT2D eigenvalue weighted by molar-refractivity contribution is 5.75. The molecule has 1 aliphatic carbocycles. The van der Waals surface area contributed by atoms with E-state index in [0.717, 1.165) is 19.3 Å². The van der Waals surface area contributed by atoms with Gasteiger partial charge >= 0.3 is 6.03 Å². The minimum absolute atomic E-state index is 0.0258. The van der Waals surface area contributed by atoms with Crippen molar-refractivity contribution < 1.29 is 9.53 Å². The molecule has 1 saturated heterocycles. The van der Waals surface area contributed by atoms with E-state index in [0.29, 0.717) is 38.8 Å². The number of ether oxygens (including phenoxy) is 1. The maximum absolute atomic E-state index is 12.2. The van der Waals surface area contributed by atoms with Gasteiger partial charge in [0.1, 0.15) is 0 Å². The molecule has 0 aromatic heterocycles. The van der Waals surface area contributed by atoms with Gasteiger partial charge in [-0.1, -0.05) is 19.8 Å². The SMILES string of the molecule is CC1CCCC(CN)(NC(=O)N2CCOCC2)C1. The van der Waals surface area contributed by atoms with Gasteiger partial charge in [0, 0.05) is 19.6 Å². The van der Waals surface area contributed by atoms with E-state index in [2.05, 4.69) is 12.2 Å². The van der Waals surface area contributed by atoms with Crippen LogP contribution in [0.5, 0.6) is 0 Å². The Morgan fingerprint density at radius 1 is 1.50 bits per heavy atom. The molecule has 5 nitrogen and oxygen atoms in total. The van der Waals surface area contributed by atoms with Gasteiger partial charge in [0.2, 0.25) is 0 Å². The van der Waals surface area contributed by atoms with Crippen LogP contribution in [0, 0.1) is 5.92 Å². The molecule has 18 heavy (non-hydrogen) atoms. The topological polar surface area (TPSA) is 67.6 Å². The molecule has 0 aromatic rings. The van der Waals surface area contributed by atoms with Gasteiger partial charge in [0.15, 0.2) is 0 Å². The average Bonchev–Trinajstić information content (AvgIpc) is 2.39. The second kappa shape index (κ2) is 5.89. The Morgan fingerprint density at radius 2 is 2.22 bits per heavy atom. The Balaban J connectivity index is 1.94. The van der Waals surface area contributed by atoms with Crippen molar-refractivity contribution in [1.82, 2.24) is 10.2 Å². The fourth-order valence-electron chi connectivity index (χ4n) is 3.08. The first-order valence-electron chi connectivity index (χ1n) is 7.00. The summed E-state index contributed by atoms with van der Waals surface area (Å²) in [5.74, 6) is 0.646. The smallest absolute Gasteiger partial charge is 0.318 e. The standard InChI is InChI=1S/C13H25N3O2/c1-11-3-2-4-13(9-11,10-14)15-12(17)16-5-7-18-8-6-16/h11H,2-10,14H2,1H3,(H,15,17). The van der Waals surface area contributed by atoms with E-state index in [1.165, 1.54) is 6.42 Å². The number of nitrogens with one attached hydrogen (secondary N) is 1. The molecule has 3 N–H and O–H groups in total. The zero-order valence-electron chi connectivity index (χ0n) is 11.3. The zero-order valence-corrected chi connectivity index (χ0v) is 11.3. The van der Waals surface area contributed by atoms with Crippen molar-refractivity contribution in [2.75, 3.05) is 32.8 Å². The van der Waals surface area contributed by atoms with Crippen LogP contribution in [0.3, 0.4) is 0 Å². The number of rotatable bonds is 2. The Kier molecular flexibility index (Phi) is 4.45. The van der Waals surface area contributed by atoms with Crippen molar-refractivity contribution in [2.45, 2.75) is 38.1 Å². The van der Waals surface area contributed by atoms with Crippen LogP contribution in [0.15, 0.2) is 0 Å². The molecule has 2 rings (SSSR count). The van der Waals surface area contributed by atoms with Gasteiger partial charge in [-0.05, 0) is 18.8 Å². The number of urea groups is 1. The maximum Gasteiger partial charge on any atom is 0.318 e. The summed E-state index contributed by atoms with van der Waals surface area (Å²) in [4.78, 5) is 14.1. The molecule has 1 aliphatic heterocycles. The molecule has 0 bridgehead atoms. The number of hydrogen-bond donors (Lipinski definition) is 2. The van der Waals surface area contributed by atoms with Crippen molar-refractivity contribution in [3.05, 3.63) is 0 Å². The number of morpholine rings is 1. The van der Waals surface area contributed by atoms with Crippen LogP contribution in [-0.2, 0) is 4.74 Å². The predicted molar refractivity (Wildman–Crippen MR) is 70.3 cm³/mol. The first kappa shape index (κ1) is 13.6. The van der Waals surface area contributed by atoms with Gasteiger partial charge in [-0.25, -0.2) is 4.79 Å². The molecule has 104 valence electrons. The van der Waals surface area contributed by atoms with Gasteiger partial charge in [0.05, 0.1) is 18.8 Å². The van der Waals surface area contributed by atoms with Crippen LogP contribution in [0.1, 0.15) is 32.6 Å². The summed E-state index contributed by atoms with van der Waals surface area (Å²) in [7, 11) is 0. The molecule has 0 radical (unpaired) electrons. The lowest BCUT2D eigenvalue weighted by Crippen LogP contribution is -2.60. The molecular formula is C13H25N3O2. The van der Waals surface area contributed by atoms with Crippen LogP contribution < -0.4 is 11.1 Å². The van der Waals surface area contributed by atoms with Crippen LogP contribution in [0.4, 0.5) is 4.79 Å². The summed E-state index contributed by atoms with van der Waals surface area (Å²) in [5, 5.41) is 3.19. The normalized spacial score (nSPS) is 33.2. The number of nitrogens with two attached hydrogens (primary N) is 1. The number of nitrogens with zero attached hydrogens (tertiary/aromatic N) is 1. The van der Waals surface area contributed by atoms with E-state index in [1.807, 2.05) is 4.90 Å². The highest BCUT2D eigenvalue weighted by Crippen LogP contribution is 2.31. The monoisotopic (exact) mass is 255 g/mol. The Morgan fingerprint density at radius 3 is 2.83 bits per heavy atom. The highest BCUT2D eigenvalue weighted by atomic mass is 16.5. The van der Waals surface area contributed by atoms with Gasteiger partial charge < -0.3 is 20.7 Å². The van der Waals surface area contributed by atoms with Crippen molar-refractivity contribution in [1.29, 1.82) is 0 Å². The summed E-state index contributed by atoms with van der Waals surface area (Å²) in [5.41, 5.74) is 5.73. The van der Waals surface area contributed by atoms with Crippen molar-refractivity contribution in [3.63, 3.8) is 0 Å². The largest absolute Gasteiger partial charge is 0.378 e. The predicted octanol–water partition coefficient (Wildman–Crippen LogP) is 0.936. The Labute approximate surface area is 109 Å². The molecule has 0 aromatic carbocycles. The molecule has 5 heteroatoms. The molecule has 2 unspecified atom stereocenters. The fraction of sp³-hybridized carbons (Fsp3) is 0.923. The number of amides is 2. The van der Waals surface area contributed by atoms with Crippen molar-refractivity contribution >= 4 is 6.03 Å². The summed E-state index contributed by atoms with van der Waals surface area (Å²) in [6.07, 6.45) is 4.40. The number of carbonyl (C=O) groups excluding carboxylic acids is 1. The quantitative estimate of drug-likeness (QED) is 0.771. The molecular weight excluding hydrogens is 230 g/mol. The van der Waals surface area contributed by atoms with E-state index in [-0.39, 0.29) is 11.6 Å². The molecule has 2 aliphatic rings. The van der Waals surface area contributed by atoms with Crippen LogP contribution in [-0.4, -0.2) is 49.3 Å². The minimum Gasteiger partial charge on any atom is -0.378 e. The second-order valence-corrected chi connectivity index (χ2v) is 5.72. The summed E-state index contributed by atoms with van der Waals surface area (Å²) >= 11 is 0. The van der Waals surface area contributed by atoms with E-state index in [1.54, 1.807) is 0 Å². The van der Waals surface area contributed by atoms with Crippen molar-refractivity contribution in [3.8, 4) is 0 Å². The fourth-order valence-corrected chi connectivity index (χ4v) is 3.08. The first-order chi connectivity index (χ1) is 8.65.